The quantitative estimate of drug-likeness (QED) is 0.642. The highest BCUT2D eigenvalue weighted by Gasteiger charge is 2.11. The number of alkyl halides is 1. The molecular weight excluding hydrogens is 233 g/mol. The molecule has 1 heterocycles. The van der Waals surface area contributed by atoms with Crippen molar-refractivity contribution in [3.8, 4) is 0 Å². The van der Waals surface area contributed by atoms with Crippen LogP contribution in [0.4, 0.5) is 5.69 Å². The van der Waals surface area contributed by atoms with E-state index in [9.17, 15) is 4.79 Å². The number of carbonyl (C=O) groups is 1. The van der Waals surface area contributed by atoms with Crippen LogP contribution < -0.4 is 5.32 Å². The van der Waals surface area contributed by atoms with Gasteiger partial charge < -0.3 is 5.32 Å². The van der Waals surface area contributed by atoms with E-state index in [0.29, 0.717) is 0 Å². The van der Waals surface area contributed by atoms with Crippen LogP contribution in [0.2, 0.25) is 0 Å². The van der Waals surface area contributed by atoms with Gasteiger partial charge in [-0.15, -0.1) is 24.0 Å². The van der Waals surface area contributed by atoms with Crippen LogP contribution in [-0.4, -0.2) is 18.2 Å². The Morgan fingerprint density at radius 3 is 3.00 bits per heavy atom. The number of Topliss-reactive ketones (excluding diaryl/α,β-unsaturated/α-hetero) is 1. The smallest absolute Gasteiger partial charge is 0.177 e. The summed E-state index contributed by atoms with van der Waals surface area (Å²) in [6.45, 7) is 1.02. The monoisotopic (exact) mass is 245 g/mol. The van der Waals surface area contributed by atoms with Crippen LogP contribution in [0, 0.1) is 0 Å². The van der Waals surface area contributed by atoms with Crippen LogP contribution in [0.3, 0.4) is 0 Å². The number of benzene rings is 1. The molecule has 1 aliphatic rings. The van der Waals surface area contributed by atoms with Crippen molar-refractivity contribution in [2.75, 3.05) is 17.7 Å². The summed E-state index contributed by atoms with van der Waals surface area (Å²) in [4.78, 5) is 11.3. The van der Waals surface area contributed by atoms with Crippen molar-refractivity contribution in [2.24, 2.45) is 0 Å². The van der Waals surface area contributed by atoms with Crippen molar-refractivity contribution in [1.29, 1.82) is 0 Å². The fraction of sp³-hybridized carbons (Fsp3) is 0.364. The lowest BCUT2D eigenvalue weighted by molar-refractivity contribution is 0.102. The minimum absolute atomic E-state index is 0. The first kappa shape index (κ1) is 12.3. The molecule has 0 amide bonds. The molecule has 0 unspecified atom stereocenters. The lowest BCUT2D eigenvalue weighted by Gasteiger charge is -2.18. The molecule has 0 aliphatic carbocycles. The summed E-state index contributed by atoms with van der Waals surface area (Å²) in [6, 6.07) is 5.75. The van der Waals surface area contributed by atoms with E-state index in [-0.39, 0.29) is 24.1 Å². The molecule has 82 valence electrons. The highest BCUT2D eigenvalue weighted by Crippen LogP contribution is 2.23. The van der Waals surface area contributed by atoms with E-state index in [2.05, 4.69) is 5.32 Å². The van der Waals surface area contributed by atoms with E-state index >= 15 is 0 Å². The molecular formula is C11H13Cl2NO. The first-order valence-corrected chi connectivity index (χ1v) is 5.30. The van der Waals surface area contributed by atoms with Crippen molar-refractivity contribution >= 4 is 35.5 Å². The number of hydrogen-bond acceptors (Lipinski definition) is 2. The van der Waals surface area contributed by atoms with E-state index in [1.165, 1.54) is 5.56 Å². The second-order valence-corrected chi connectivity index (χ2v) is 3.73. The predicted octanol–water partition coefficient (Wildman–Crippen LogP) is 2.89. The Balaban J connectivity index is 0.00000112. The predicted molar refractivity (Wildman–Crippen MR) is 65.6 cm³/mol. The van der Waals surface area contributed by atoms with Crippen molar-refractivity contribution in [1.82, 2.24) is 0 Å². The lowest BCUT2D eigenvalue weighted by atomic mass is 9.99. The number of carbonyl (C=O) groups excluding carboxylic acids is 1. The maximum Gasteiger partial charge on any atom is 0.177 e. The van der Waals surface area contributed by atoms with E-state index in [1.54, 1.807) is 0 Å². The molecule has 2 rings (SSSR count). The van der Waals surface area contributed by atoms with Gasteiger partial charge in [-0.2, -0.15) is 0 Å². The fourth-order valence-corrected chi connectivity index (χ4v) is 1.88. The first-order chi connectivity index (χ1) is 6.81. The van der Waals surface area contributed by atoms with Gasteiger partial charge in [0.05, 0.1) is 5.88 Å². The van der Waals surface area contributed by atoms with E-state index in [4.69, 9.17) is 11.6 Å². The topological polar surface area (TPSA) is 29.1 Å². The molecule has 2 nitrogen and oxygen atoms in total. The second kappa shape index (κ2) is 5.38. The third-order valence-electron chi connectivity index (χ3n) is 2.49. The summed E-state index contributed by atoms with van der Waals surface area (Å²) in [6.07, 6.45) is 2.18. The van der Waals surface area contributed by atoms with Crippen LogP contribution in [-0.2, 0) is 6.42 Å². The van der Waals surface area contributed by atoms with Crippen LogP contribution in [0.15, 0.2) is 18.2 Å². The molecule has 1 aromatic rings. The molecule has 0 saturated carbocycles. The zero-order chi connectivity index (χ0) is 9.97. The van der Waals surface area contributed by atoms with Crippen molar-refractivity contribution in [3.63, 3.8) is 0 Å². The Kier molecular flexibility index (Phi) is 4.43. The first-order valence-electron chi connectivity index (χ1n) is 4.77. The minimum Gasteiger partial charge on any atom is -0.385 e. The van der Waals surface area contributed by atoms with Gasteiger partial charge in [0, 0.05) is 17.8 Å². The van der Waals surface area contributed by atoms with Crippen molar-refractivity contribution in [2.45, 2.75) is 12.8 Å². The summed E-state index contributed by atoms with van der Waals surface area (Å²) >= 11 is 5.50. The van der Waals surface area contributed by atoms with Gasteiger partial charge in [0.1, 0.15) is 0 Å². The average Bonchev–Trinajstić information content (AvgIpc) is 2.27. The van der Waals surface area contributed by atoms with Gasteiger partial charge in [-0.3, -0.25) is 4.79 Å². The Morgan fingerprint density at radius 1 is 1.47 bits per heavy atom. The summed E-state index contributed by atoms with van der Waals surface area (Å²) < 4.78 is 0. The highest BCUT2D eigenvalue weighted by molar-refractivity contribution is 6.30. The Morgan fingerprint density at radius 2 is 2.27 bits per heavy atom. The SMILES string of the molecule is Cl.O=C(CCl)c1ccc2c(c1)CCCN2. The summed E-state index contributed by atoms with van der Waals surface area (Å²) in [5, 5.41) is 3.30. The van der Waals surface area contributed by atoms with Crippen molar-refractivity contribution < 1.29 is 4.79 Å². The average molecular weight is 246 g/mol. The summed E-state index contributed by atoms with van der Waals surface area (Å²) in [5.74, 6) is 0.0618. The lowest BCUT2D eigenvalue weighted by Crippen LogP contribution is -2.12. The van der Waals surface area contributed by atoms with E-state index in [0.717, 1.165) is 30.6 Å². The molecule has 15 heavy (non-hydrogen) atoms. The van der Waals surface area contributed by atoms with Gasteiger partial charge in [0.25, 0.3) is 0 Å². The summed E-state index contributed by atoms with van der Waals surface area (Å²) in [7, 11) is 0. The molecule has 1 aliphatic heterocycles. The van der Waals surface area contributed by atoms with Gasteiger partial charge in [0.15, 0.2) is 5.78 Å². The number of hydrogen-bond donors (Lipinski definition) is 1. The van der Waals surface area contributed by atoms with Gasteiger partial charge in [-0.1, -0.05) is 0 Å². The van der Waals surface area contributed by atoms with Crippen LogP contribution in [0.1, 0.15) is 22.3 Å². The number of nitrogens with one attached hydrogen (secondary N) is 1. The number of halogens is 2. The highest BCUT2D eigenvalue weighted by atomic mass is 35.5. The Bertz CT molecular complexity index is 366. The molecule has 0 spiro atoms. The van der Waals surface area contributed by atoms with Crippen molar-refractivity contribution in [3.05, 3.63) is 29.3 Å². The van der Waals surface area contributed by atoms with Gasteiger partial charge in [-0.25, -0.2) is 0 Å². The van der Waals surface area contributed by atoms with E-state index < -0.39 is 0 Å². The standard InChI is InChI=1S/C11H12ClNO.ClH/c12-7-11(14)9-3-4-10-8(6-9)2-1-5-13-10;/h3-4,6,13H,1-2,5,7H2;1H. The maximum absolute atomic E-state index is 11.3. The normalized spacial score (nSPS) is 13.4. The molecule has 0 aromatic heterocycles. The van der Waals surface area contributed by atoms with Gasteiger partial charge in [0.2, 0.25) is 0 Å². The van der Waals surface area contributed by atoms with Crippen LogP contribution >= 0.6 is 24.0 Å². The molecule has 4 heteroatoms. The largest absolute Gasteiger partial charge is 0.385 e. The zero-order valence-electron chi connectivity index (χ0n) is 8.25. The number of rotatable bonds is 2. The fourth-order valence-electron chi connectivity index (χ4n) is 1.73. The molecule has 1 aromatic carbocycles. The summed E-state index contributed by atoms with van der Waals surface area (Å²) in [5.41, 5.74) is 3.11. The number of anilines is 1. The molecule has 0 radical (unpaired) electrons. The van der Waals surface area contributed by atoms with E-state index in [1.807, 2.05) is 18.2 Å². The number of ketones is 1. The molecule has 0 atom stereocenters. The third kappa shape index (κ3) is 2.64. The van der Waals surface area contributed by atoms with Crippen LogP contribution in [0.25, 0.3) is 0 Å². The van der Waals surface area contributed by atoms with Crippen LogP contribution in [0.5, 0.6) is 0 Å². The number of fused-ring (bicyclic) bond motifs is 1. The molecule has 0 bridgehead atoms. The third-order valence-corrected chi connectivity index (χ3v) is 2.73. The zero-order valence-corrected chi connectivity index (χ0v) is 9.83. The second-order valence-electron chi connectivity index (χ2n) is 3.46. The molecule has 0 fully saturated rings. The van der Waals surface area contributed by atoms with Gasteiger partial charge in [-0.05, 0) is 36.6 Å². The Labute approximate surface area is 100 Å². The Hall–Kier alpha value is -0.730. The van der Waals surface area contributed by atoms with Gasteiger partial charge >= 0.3 is 0 Å². The number of aryl methyl sites for hydroxylation is 1. The molecule has 1 N–H and O–H groups in total. The minimum atomic E-state index is 0. The maximum atomic E-state index is 11.3. The molecule has 0 saturated heterocycles.